The van der Waals surface area contributed by atoms with Crippen molar-refractivity contribution in [1.29, 1.82) is 0 Å². The number of methoxy groups -OCH3 is 2. The summed E-state index contributed by atoms with van der Waals surface area (Å²) >= 11 is 0. The van der Waals surface area contributed by atoms with Crippen LogP contribution < -0.4 is 14.8 Å². The minimum atomic E-state index is -0.168. The van der Waals surface area contributed by atoms with E-state index in [4.69, 9.17) is 9.47 Å². The minimum Gasteiger partial charge on any atom is -0.497 e. The van der Waals surface area contributed by atoms with Crippen LogP contribution in [0.25, 0.3) is 10.9 Å². The van der Waals surface area contributed by atoms with Gasteiger partial charge in [0.2, 0.25) is 0 Å². The summed E-state index contributed by atoms with van der Waals surface area (Å²) in [4.78, 5) is 12.7. The molecule has 0 atom stereocenters. The molecule has 25 heavy (non-hydrogen) atoms. The maximum absolute atomic E-state index is 12.7. The Labute approximate surface area is 147 Å². The van der Waals surface area contributed by atoms with Crippen LogP contribution in [0.5, 0.6) is 11.5 Å². The number of carbonyl (C=O) groups is 1. The molecule has 5 nitrogen and oxygen atoms in total. The minimum absolute atomic E-state index is 0.168. The molecule has 0 aliphatic rings. The molecule has 0 spiro atoms. The summed E-state index contributed by atoms with van der Waals surface area (Å²) in [6, 6.07) is 11.0. The molecule has 2 aromatic carbocycles. The number of aromatic nitrogens is 1. The maximum atomic E-state index is 12.7. The molecule has 3 rings (SSSR count). The molecule has 0 unspecified atom stereocenters. The fraction of sp³-hybridized carbons (Fsp3) is 0.250. The van der Waals surface area contributed by atoms with Crippen LogP contribution in [0.15, 0.2) is 36.4 Å². The first kappa shape index (κ1) is 16.9. The Morgan fingerprint density at radius 2 is 1.64 bits per heavy atom. The second kappa shape index (κ2) is 6.51. The van der Waals surface area contributed by atoms with E-state index in [9.17, 15) is 4.79 Å². The summed E-state index contributed by atoms with van der Waals surface area (Å²) < 4.78 is 12.6. The molecule has 130 valence electrons. The van der Waals surface area contributed by atoms with Gasteiger partial charge in [0.05, 0.1) is 14.2 Å². The van der Waals surface area contributed by atoms with Gasteiger partial charge < -0.3 is 19.4 Å². The van der Waals surface area contributed by atoms with Crippen molar-refractivity contribution in [2.75, 3.05) is 19.5 Å². The smallest absolute Gasteiger partial charge is 0.255 e. The molecule has 0 fully saturated rings. The number of carbonyl (C=O) groups excluding carboxylic acids is 1. The average Bonchev–Trinajstić information content (AvgIpc) is 2.85. The van der Waals surface area contributed by atoms with Gasteiger partial charge in [-0.3, -0.25) is 4.79 Å². The molecule has 1 amide bonds. The van der Waals surface area contributed by atoms with Gasteiger partial charge in [0.15, 0.2) is 0 Å². The van der Waals surface area contributed by atoms with Crippen molar-refractivity contribution < 1.29 is 14.3 Å². The number of rotatable bonds is 4. The Morgan fingerprint density at radius 1 is 1.00 bits per heavy atom. The number of benzene rings is 2. The molecule has 0 aliphatic carbocycles. The molecular weight excluding hydrogens is 316 g/mol. The normalized spacial score (nSPS) is 10.8. The Bertz CT molecular complexity index is 935. The van der Waals surface area contributed by atoms with Gasteiger partial charge in [-0.1, -0.05) is 0 Å². The largest absolute Gasteiger partial charge is 0.497 e. The van der Waals surface area contributed by atoms with E-state index in [1.165, 1.54) is 11.3 Å². The highest BCUT2D eigenvalue weighted by Crippen LogP contribution is 2.28. The highest BCUT2D eigenvalue weighted by molar-refractivity contribution is 6.06. The van der Waals surface area contributed by atoms with Gasteiger partial charge in [0.25, 0.3) is 5.91 Å². The van der Waals surface area contributed by atoms with Gasteiger partial charge in [-0.2, -0.15) is 0 Å². The lowest BCUT2D eigenvalue weighted by Crippen LogP contribution is -2.12. The van der Waals surface area contributed by atoms with Crippen LogP contribution in [0.4, 0.5) is 5.69 Å². The number of nitrogens with zero attached hydrogens (tertiary/aromatic N) is 1. The fourth-order valence-electron chi connectivity index (χ4n) is 2.98. The Morgan fingerprint density at radius 3 is 2.24 bits per heavy atom. The number of ether oxygens (including phenoxy) is 2. The topological polar surface area (TPSA) is 52.5 Å². The van der Waals surface area contributed by atoms with Crippen molar-refractivity contribution in [3.8, 4) is 11.5 Å². The number of hydrogen-bond acceptors (Lipinski definition) is 3. The van der Waals surface area contributed by atoms with Crippen molar-refractivity contribution in [2.24, 2.45) is 7.05 Å². The Hall–Kier alpha value is -2.95. The quantitative estimate of drug-likeness (QED) is 0.780. The second-order valence-corrected chi connectivity index (χ2v) is 6.06. The molecule has 0 bridgehead atoms. The highest BCUT2D eigenvalue weighted by atomic mass is 16.5. The van der Waals surface area contributed by atoms with Gasteiger partial charge in [-0.15, -0.1) is 0 Å². The van der Waals surface area contributed by atoms with Crippen molar-refractivity contribution in [1.82, 2.24) is 4.57 Å². The molecule has 1 heterocycles. The van der Waals surface area contributed by atoms with Crippen LogP contribution >= 0.6 is 0 Å². The van der Waals surface area contributed by atoms with Crippen LogP contribution in [0.2, 0.25) is 0 Å². The Balaban J connectivity index is 1.94. The number of anilines is 1. The first-order valence-corrected chi connectivity index (χ1v) is 8.04. The molecule has 0 aliphatic heterocycles. The zero-order valence-corrected chi connectivity index (χ0v) is 15.1. The lowest BCUT2D eigenvalue weighted by atomic mass is 10.1. The van der Waals surface area contributed by atoms with E-state index in [-0.39, 0.29) is 5.91 Å². The van der Waals surface area contributed by atoms with E-state index in [1.54, 1.807) is 32.4 Å². The third-order valence-corrected chi connectivity index (χ3v) is 4.68. The SMILES string of the molecule is COc1cc(NC(=O)c2ccc3c(c2)c(C)c(C)n3C)cc(OC)c1. The Kier molecular flexibility index (Phi) is 4.40. The molecule has 0 saturated carbocycles. The van der Waals surface area contributed by atoms with Crippen molar-refractivity contribution in [2.45, 2.75) is 13.8 Å². The molecule has 3 aromatic rings. The molecule has 1 N–H and O–H groups in total. The van der Waals surface area contributed by atoms with Crippen LogP contribution in [-0.2, 0) is 7.05 Å². The number of aryl methyl sites for hydroxylation is 2. The monoisotopic (exact) mass is 338 g/mol. The van der Waals surface area contributed by atoms with Gasteiger partial charge in [0, 0.05) is 53.1 Å². The zero-order valence-electron chi connectivity index (χ0n) is 15.1. The van der Waals surface area contributed by atoms with E-state index in [0.29, 0.717) is 22.7 Å². The summed E-state index contributed by atoms with van der Waals surface area (Å²) in [7, 11) is 5.19. The maximum Gasteiger partial charge on any atom is 0.255 e. The van der Waals surface area contributed by atoms with Gasteiger partial charge in [-0.05, 0) is 37.6 Å². The summed E-state index contributed by atoms with van der Waals surface area (Å²) in [6.07, 6.45) is 0. The summed E-state index contributed by atoms with van der Waals surface area (Å²) in [5, 5.41) is 4.00. The average molecular weight is 338 g/mol. The number of amides is 1. The van der Waals surface area contributed by atoms with Crippen molar-refractivity contribution in [3.63, 3.8) is 0 Å². The molecule has 5 heteroatoms. The predicted molar refractivity (Wildman–Crippen MR) is 99.9 cm³/mol. The zero-order chi connectivity index (χ0) is 18.1. The van der Waals surface area contributed by atoms with E-state index < -0.39 is 0 Å². The lowest BCUT2D eigenvalue weighted by molar-refractivity contribution is 0.102. The molecular formula is C20H22N2O3. The molecule has 0 saturated heterocycles. The van der Waals surface area contributed by atoms with Crippen LogP contribution in [-0.4, -0.2) is 24.7 Å². The van der Waals surface area contributed by atoms with Crippen LogP contribution in [0, 0.1) is 13.8 Å². The fourth-order valence-corrected chi connectivity index (χ4v) is 2.98. The first-order valence-electron chi connectivity index (χ1n) is 8.04. The number of nitrogens with one attached hydrogen (secondary N) is 1. The number of fused-ring (bicyclic) bond motifs is 1. The molecule has 1 aromatic heterocycles. The van der Waals surface area contributed by atoms with Crippen molar-refractivity contribution >= 4 is 22.5 Å². The second-order valence-electron chi connectivity index (χ2n) is 6.06. The first-order chi connectivity index (χ1) is 11.9. The van der Waals surface area contributed by atoms with Crippen molar-refractivity contribution in [3.05, 3.63) is 53.2 Å². The predicted octanol–water partition coefficient (Wildman–Crippen LogP) is 4.06. The van der Waals surface area contributed by atoms with E-state index in [1.807, 2.05) is 25.2 Å². The standard InChI is InChI=1S/C20H22N2O3/c1-12-13(2)22(3)19-7-6-14(8-18(12)19)20(23)21-15-9-16(24-4)11-17(10-15)25-5/h6-11H,1-5H3,(H,21,23). The van der Waals surface area contributed by atoms with E-state index in [2.05, 4.69) is 23.7 Å². The van der Waals surface area contributed by atoms with E-state index >= 15 is 0 Å². The number of hydrogen-bond donors (Lipinski definition) is 1. The summed E-state index contributed by atoms with van der Waals surface area (Å²) in [6.45, 7) is 4.16. The van der Waals surface area contributed by atoms with Gasteiger partial charge in [-0.25, -0.2) is 0 Å². The summed E-state index contributed by atoms with van der Waals surface area (Å²) in [5.74, 6) is 1.08. The van der Waals surface area contributed by atoms with E-state index in [0.717, 1.165) is 10.9 Å². The third-order valence-electron chi connectivity index (χ3n) is 4.68. The lowest BCUT2D eigenvalue weighted by Gasteiger charge is -2.10. The van der Waals surface area contributed by atoms with Crippen LogP contribution in [0.1, 0.15) is 21.6 Å². The van der Waals surface area contributed by atoms with Gasteiger partial charge >= 0.3 is 0 Å². The van der Waals surface area contributed by atoms with Gasteiger partial charge in [0.1, 0.15) is 11.5 Å². The van der Waals surface area contributed by atoms with Crippen LogP contribution in [0.3, 0.4) is 0 Å². The molecule has 0 radical (unpaired) electrons. The summed E-state index contributed by atoms with van der Waals surface area (Å²) in [5.41, 5.74) is 4.75. The third kappa shape index (κ3) is 3.05. The highest BCUT2D eigenvalue weighted by Gasteiger charge is 2.13.